The zero-order valence-electron chi connectivity index (χ0n) is 10.7. The highest BCUT2D eigenvalue weighted by atomic mass is 79.9. The molecule has 2 unspecified atom stereocenters. The van der Waals surface area contributed by atoms with E-state index in [1.165, 1.54) is 6.07 Å². The van der Waals surface area contributed by atoms with Gasteiger partial charge in [0.2, 0.25) is 0 Å². The fourth-order valence-electron chi connectivity index (χ4n) is 1.74. The number of halogens is 2. The molecule has 1 heterocycles. The Bertz CT molecular complexity index is 570. The van der Waals surface area contributed by atoms with Gasteiger partial charge in [-0.1, -0.05) is 0 Å². The molecule has 1 aromatic heterocycles. The Kier molecular flexibility index (Phi) is 4.60. The van der Waals surface area contributed by atoms with E-state index in [-0.39, 0.29) is 18.0 Å². The fraction of sp³-hybridized carbons (Fsp3) is 0.286. The van der Waals surface area contributed by atoms with Crippen LogP contribution in [-0.4, -0.2) is 6.04 Å². The van der Waals surface area contributed by atoms with Gasteiger partial charge in [0.25, 0.3) is 0 Å². The van der Waals surface area contributed by atoms with Gasteiger partial charge in [-0.05, 0) is 65.7 Å². The minimum Gasteiger partial charge on any atom is -0.483 e. The fourth-order valence-corrected chi connectivity index (χ4v) is 3.31. The Morgan fingerprint density at radius 2 is 2.05 bits per heavy atom. The number of hydrogen-bond acceptors (Lipinski definition) is 3. The van der Waals surface area contributed by atoms with Crippen molar-refractivity contribution in [3.05, 3.63) is 50.4 Å². The zero-order valence-corrected chi connectivity index (χ0v) is 13.1. The molecule has 0 saturated carbocycles. The second-order valence-corrected chi connectivity index (χ2v) is 6.95. The summed E-state index contributed by atoms with van der Waals surface area (Å²) in [5.74, 6) is 0.397. The molecule has 0 aliphatic carbocycles. The predicted molar refractivity (Wildman–Crippen MR) is 80.2 cm³/mol. The second-order valence-electron chi connectivity index (χ2n) is 4.45. The van der Waals surface area contributed by atoms with Crippen LogP contribution in [0.4, 0.5) is 4.39 Å². The Labute approximate surface area is 124 Å². The van der Waals surface area contributed by atoms with Crippen LogP contribution >= 0.6 is 27.3 Å². The molecular formula is C14H15BrFNOS. The van der Waals surface area contributed by atoms with Crippen LogP contribution in [0.5, 0.6) is 5.75 Å². The molecule has 0 fully saturated rings. The number of aryl methyl sites for hydroxylation is 1. The Morgan fingerprint density at radius 1 is 1.32 bits per heavy atom. The monoisotopic (exact) mass is 343 g/mol. The molecule has 0 aliphatic rings. The van der Waals surface area contributed by atoms with Crippen LogP contribution in [0, 0.1) is 12.7 Å². The number of ether oxygens (including phenoxy) is 1. The summed E-state index contributed by atoms with van der Waals surface area (Å²) in [5.41, 5.74) is 6.55. The van der Waals surface area contributed by atoms with Crippen LogP contribution in [-0.2, 0) is 0 Å². The molecule has 2 rings (SSSR count). The molecule has 0 aliphatic heterocycles. The lowest BCUT2D eigenvalue weighted by Crippen LogP contribution is -2.28. The van der Waals surface area contributed by atoms with Crippen molar-refractivity contribution in [1.29, 1.82) is 0 Å². The molecule has 1 aromatic carbocycles. The van der Waals surface area contributed by atoms with Crippen molar-refractivity contribution in [3.8, 4) is 5.75 Å². The van der Waals surface area contributed by atoms with Crippen LogP contribution < -0.4 is 10.5 Å². The number of thiophene rings is 1. The number of hydrogen-bond donors (Lipinski definition) is 1. The van der Waals surface area contributed by atoms with Crippen LogP contribution in [0.15, 0.2) is 34.1 Å². The van der Waals surface area contributed by atoms with Crippen molar-refractivity contribution in [2.75, 3.05) is 0 Å². The summed E-state index contributed by atoms with van der Waals surface area (Å²) >= 11 is 5.02. The Morgan fingerprint density at radius 3 is 2.58 bits per heavy atom. The van der Waals surface area contributed by atoms with E-state index in [0.29, 0.717) is 11.3 Å². The molecule has 2 aromatic rings. The van der Waals surface area contributed by atoms with Gasteiger partial charge in [-0.3, -0.25) is 0 Å². The maximum Gasteiger partial charge on any atom is 0.148 e. The SMILES string of the molecule is Cc1cc(OC(c2ccc(Br)s2)C(C)N)ccc1F. The lowest BCUT2D eigenvalue weighted by atomic mass is 10.1. The summed E-state index contributed by atoms with van der Waals surface area (Å²) in [4.78, 5) is 1.05. The second kappa shape index (κ2) is 6.03. The summed E-state index contributed by atoms with van der Waals surface area (Å²) in [6.45, 7) is 3.61. The van der Waals surface area contributed by atoms with Crippen LogP contribution in [0.1, 0.15) is 23.5 Å². The minimum atomic E-state index is -0.235. The lowest BCUT2D eigenvalue weighted by molar-refractivity contribution is 0.184. The van der Waals surface area contributed by atoms with Gasteiger partial charge in [-0.25, -0.2) is 4.39 Å². The number of benzene rings is 1. The third kappa shape index (κ3) is 3.55. The lowest BCUT2D eigenvalue weighted by Gasteiger charge is -2.21. The summed E-state index contributed by atoms with van der Waals surface area (Å²) < 4.78 is 20.2. The molecule has 2 N–H and O–H groups in total. The van der Waals surface area contributed by atoms with Crippen molar-refractivity contribution in [3.63, 3.8) is 0 Å². The van der Waals surface area contributed by atoms with Gasteiger partial charge in [0, 0.05) is 10.9 Å². The van der Waals surface area contributed by atoms with Crippen molar-refractivity contribution in [2.24, 2.45) is 5.73 Å². The summed E-state index contributed by atoms with van der Waals surface area (Å²) in [6, 6.07) is 8.52. The highest BCUT2D eigenvalue weighted by Crippen LogP contribution is 2.32. The molecule has 0 saturated heterocycles. The molecule has 2 nitrogen and oxygen atoms in total. The normalized spacial score (nSPS) is 14.2. The van der Waals surface area contributed by atoms with E-state index < -0.39 is 0 Å². The first-order chi connectivity index (χ1) is 8.97. The maximum absolute atomic E-state index is 13.2. The molecular weight excluding hydrogens is 329 g/mol. The average molecular weight is 344 g/mol. The Hall–Kier alpha value is -0.910. The summed E-state index contributed by atoms with van der Waals surface area (Å²) in [6.07, 6.45) is -0.235. The quantitative estimate of drug-likeness (QED) is 0.891. The first kappa shape index (κ1) is 14.5. The smallest absolute Gasteiger partial charge is 0.148 e. The van der Waals surface area contributed by atoms with Gasteiger partial charge in [0.1, 0.15) is 17.7 Å². The Balaban J connectivity index is 2.23. The van der Waals surface area contributed by atoms with Crippen LogP contribution in [0.2, 0.25) is 0 Å². The van der Waals surface area contributed by atoms with E-state index in [1.807, 2.05) is 19.1 Å². The van der Waals surface area contributed by atoms with Gasteiger partial charge in [-0.2, -0.15) is 0 Å². The molecule has 19 heavy (non-hydrogen) atoms. The molecule has 0 bridgehead atoms. The average Bonchev–Trinajstić information content (AvgIpc) is 2.76. The van der Waals surface area contributed by atoms with Crippen molar-refractivity contribution in [1.82, 2.24) is 0 Å². The molecule has 0 radical (unpaired) electrons. The topological polar surface area (TPSA) is 35.2 Å². The standard InChI is InChI=1S/C14H15BrFNOS/c1-8-7-10(3-4-11(8)16)18-14(9(2)17)12-5-6-13(15)19-12/h3-7,9,14H,17H2,1-2H3. The molecule has 0 amide bonds. The third-order valence-electron chi connectivity index (χ3n) is 2.74. The predicted octanol–water partition coefficient (Wildman–Crippen LogP) is 4.43. The molecule has 0 spiro atoms. The maximum atomic E-state index is 13.2. The van der Waals surface area contributed by atoms with E-state index in [2.05, 4.69) is 15.9 Å². The minimum absolute atomic E-state index is 0.157. The summed E-state index contributed by atoms with van der Waals surface area (Å²) in [5, 5.41) is 0. The van der Waals surface area contributed by atoms with Gasteiger partial charge in [0.05, 0.1) is 3.79 Å². The first-order valence-corrected chi connectivity index (χ1v) is 7.52. The summed E-state index contributed by atoms with van der Waals surface area (Å²) in [7, 11) is 0. The van der Waals surface area contributed by atoms with Crippen molar-refractivity contribution >= 4 is 27.3 Å². The number of rotatable bonds is 4. The van der Waals surface area contributed by atoms with Crippen LogP contribution in [0.3, 0.4) is 0 Å². The van der Waals surface area contributed by atoms with Gasteiger partial charge < -0.3 is 10.5 Å². The van der Waals surface area contributed by atoms with Gasteiger partial charge in [0.15, 0.2) is 0 Å². The van der Waals surface area contributed by atoms with E-state index >= 15 is 0 Å². The molecule has 2 atom stereocenters. The molecule has 5 heteroatoms. The van der Waals surface area contributed by atoms with Gasteiger partial charge in [-0.15, -0.1) is 11.3 Å². The van der Waals surface area contributed by atoms with Crippen molar-refractivity contribution in [2.45, 2.75) is 26.0 Å². The zero-order chi connectivity index (χ0) is 14.0. The van der Waals surface area contributed by atoms with E-state index in [4.69, 9.17) is 10.5 Å². The number of nitrogens with two attached hydrogens (primary N) is 1. The highest BCUT2D eigenvalue weighted by Gasteiger charge is 2.20. The van der Waals surface area contributed by atoms with Gasteiger partial charge >= 0.3 is 0 Å². The third-order valence-corrected chi connectivity index (χ3v) is 4.43. The molecule has 102 valence electrons. The largest absolute Gasteiger partial charge is 0.483 e. The van der Waals surface area contributed by atoms with Crippen LogP contribution in [0.25, 0.3) is 0 Å². The van der Waals surface area contributed by atoms with E-state index in [0.717, 1.165) is 8.66 Å². The van der Waals surface area contributed by atoms with E-state index in [9.17, 15) is 4.39 Å². The van der Waals surface area contributed by atoms with Crippen molar-refractivity contribution < 1.29 is 9.13 Å². The highest BCUT2D eigenvalue weighted by molar-refractivity contribution is 9.11. The first-order valence-electron chi connectivity index (χ1n) is 5.91. The van der Waals surface area contributed by atoms with E-state index in [1.54, 1.807) is 30.4 Å².